The molecule has 1 amide bonds. The molecular weight excluding hydrogens is 366 g/mol. The van der Waals surface area contributed by atoms with Gasteiger partial charge in [0.15, 0.2) is 5.78 Å². The summed E-state index contributed by atoms with van der Waals surface area (Å²) in [5.74, 6) is -0.246. The van der Waals surface area contributed by atoms with Crippen LogP contribution in [-0.4, -0.2) is 11.7 Å². The summed E-state index contributed by atoms with van der Waals surface area (Å²) >= 11 is 3.36. The molecule has 3 aromatic rings. The molecule has 0 saturated carbocycles. The molecule has 0 aliphatic rings. The fourth-order valence-electron chi connectivity index (χ4n) is 2.30. The molecule has 0 heterocycles. The maximum atomic E-state index is 12.4. The molecule has 0 atom stereocenters. The van der Waals surface area contributed by atoms with E-state index >= 15 is 0 Å². The van der Waals surface area contributed by atoms with Crippen molar-refractivity contribution in [2.45, 2.75) is 0 Å². The lowest BCUT2D eigenvalue weighted by molar-refractivity contribution is 0.102. The minimum Gasteiger partial charge on any atom is -0.322 e. The van der Waals surface area contributed by atoms with Crippen LogP contribution in [0.15, 0.2) is 83.3 Å². The van der Waals surface area contributed by atoms with Gasteiger partial charge in [-0.3, -0.25) is 9.59 Å². The Morgan fingerprint density at radius 2 is 1.29 bits per heavy atom. The Balaban J connectivity index is 1.74. The van der Waals surface area contributed by atoms with E-state index in [0.29, 0.717) is 22.4 Å². The molecule has 0 saturated heterocycles. The van der Waals surface area contributed by atoms with E-state index in [1.54, 1.807) is 48.5 Å². The number of ketones is 1. The predicted octanol–water partition coefficient (Wildman–Crippen LogP) is 4.93. The van der Waals surface area contributed by atoms with E-state index in [2.05, 4.69) is 21.2 Å². The number of amides is 1. The molecule has 0 radical (unpaired) electrons. The highest BCUT2D eigenvalue weighted by Crippen LogP contribution is 2.19. The van der Waals surface area contributed by atoms with Crippen molar-refractivity contribution < 1.29 is 9.59 Å². The highest BCUT2D eigenvalue weighted by Gasteiger charge is 2.11. The molecule has 4 heteroatoms. The Hall–Kier alpha value is -2.72. The molecule has 0 aromatic heterocycles. The van der Waals surface area contributed by atoms with Crippen LogP contribution in [0.3, 0.4) is 0 Å². The SMILES string of the molecule is O=C(c1ccccc1)c1ccc(NC(=O)c2ccccc2Br)cc1. The van der Waals surface area contributed by atoms with Gasteiger partial charge in [0, 0.05) is 21.3 Å². The molecule has 0 unspecified atom stereocenters. The van der Waals surface area contributed by atoms with Crippen LogP contribution in [-0.2, 0) is 0 Å². The van der Waals surface area contributed by atoms with Crippen LogP contribution in [0.1, 0.15) is 26.3 Å². The van der Waals surface area contributed by atoms with Crippen molar-refractivity contribution in [3.8, 4) is 0 Å². The molecule has 0 aliphatic heterocycles. The maximum Gasteiger partial charge on any atom is 0.256 e. The third kappa shape index (κ3) is 3.60. The summed E-state index contributed by atoms with van der Waals surface area (Å²) in [7, 11) is 0. The number of carbonyl (C=O) groups excluding carboxylic acids is 2. The first-order valence-electron chi connectivity index (χ1n) is 7.41. The van der Waals surface area contributed by atoms with E-state index in [4.69, 9.17) is 0 Å². The summed E-state index contributed by atoms with van der Waals surface area (Å²) in [5, 5.41) is 2.82. The quantitative estimate of drug-likeness (QED) is 0.653. The second kappa shape index (κ2) is 7.23. The van der Waals surface area contributed by atoms with Crippen LogP contribution in [0.4, 0.5) is 5.69 Å². The van der Waals surface area contributed by atoms with Gasteiger partial charge in [0.2, 0.25) is 0 Å². The van der Waals surface area contributed by atoms with Gasteiger partial charge in [0.1, 0.15) is 0 Å². The molecule has 0 spiro atoms. The van der Waals surface area contributed by atoms with Crippen molar-refractivity contribution in [1.29, 1.82) is 0 Å². The van der Waals surface area contributed by atoms with Crippen molar-refractivity contribution in [1.82, 2.24) is 0 Å². The second-order valence-corrected chi connectivity index (χ2v) is 6.06. The van der Waals surface area contributed by atoms with Crippen LogP contribution in [0.5, 0.6) is 0 Å². The van der Waals surface area contributed by atoms with Crippen LogP contribution >= 0.6 is 15.9 Å². The van der Waals surface area contributed by atoms with Crippen LogP contribution in [0.2, 0.25) is 0 Å². The summed E-state index contributed by atoms with van der Waals surface area (Å²) in [6, 6.07) is 23.2. The Bertz CT molecular complexity index is 874. The van der Waals surface area contributed by atoms with Crippen molar-refractivity contribution >= 4 is 33.3 Å². The van der Waals surface area contributed by atoms with Crippen molar-refractivity contribution in [3.05, 3.63) is 100 Å². The number of anilines is 1. The third-order valence-electron chi connectivity index (χ3n) is 3.56. The summed E-state index contributed by atoms with van der Waals surface area (Å²) < 4.78 is 0.735. The van der Waals surface area contributed by atoms with Crippen LogP contribution in [0, 0.1) is 0 Å². The maximum absolute atomic E-state index is 12.4. The van der Waals surface area contributed by atoms with E-state index < -0.39 is 0 Å². The fourth-order valence-corrected chi connectivity index (χ4v) is 2.77. The van der Waals surface area contributed by atoms with Crippen LogP contribution in [0.25, 0.3) is 0 Å². The number of benzene rings is 3. The van der Waals surface area contributed by atoms with E-state index in [-0.39, 0.29) is 11.7 Å². The molecule has 3 rings (SSSR count). The van der Waals surface area contributed by atoms with Gasteiger partial charge < -0.3 is 5.32 Å². The topological polar surface area (TPSA) is 46.2 Å². The molecule has 118 valence electrons. The zero-order chi connectivity index (χ0) is 16.9. The Morgan fingerprint density at radius 1 is 0.708 bits per heavy atom. The second-order valence-electron chi connectivity index (χ2n) is 5.21. The van der Waals surface area contributed by atoms with Gasteiger partial charge in [-0.05, 0) is 52.3 Å². The number of halogens is 1. The smallest absolute Gasteiger partial charge is 0.256 e. The lowest BCUT2D eigenvalue weighted by Gasteiger charge is -2.08. The third-order valence-corrected chi connectivity index (χ3v) is 4.25. The van der Waals surface area contributed by atoms with E-state index in [0.717, 1.165) is 4.47 Å². The first kappa shape index (κ1) is 16.1. The Labute approximate surface area is 148 Å². The normalized spacial score (nSPS) is 10.2. The van der Waals surface area contributed by atoms with Gasteiger partial charge in [-0.2, -0.15) is 0 Å². The zero-order valence-corrected chi connectivity index (χ0v) is 14.3. The molecular formula is C20H14BrNO2. The molecule has 3 aromatic carbocycles. The van der Waals surface area contributed by atoms with E-state index in [1.165, 1.54) is 0 Å². The molecule has 1 N–H and O–H groups in total. The average Bonchev–Trinajstić information content (AvgIpc) is 2.63. The zero-order valence-electron chi connectivity index (χ0n) is 12.7. The molecule has 3 nitrogen and oxygen atoms in total. The van der Waals surface area contributed by atoms with Crippen molar-refractivity contribution in [2.24, 2.45) is 0 Å². The number of carbonyl (C=O) groups is 2. The lowest BCUT2D eigenvalue weighted by Crippen LogP contribution is -2.12. The summed E-state index contributed by atoms with van der Waals surface area (Å²) in [4.78, 5) is 24.6. The van der Waals surface area contributed by atoms with E-state index in [1.807, 2.05) is 30.3 Å². The average molecular weight is 380 g/mol. The predicted molar refractivity (Wildman–Crippen MR) is 98.4 cm³/mol. The van der Waals surface area contributed by atoms with Gasteiger partial charge >= 0.3 is 0 Å². The summed E-state index contributed by atoms with van der Waals surface area (Å²) in [5.41, 5.74) is 2.42. The van der Waals surface area contributed by atoms with Gasteiger partial charge in [-0.15, -0.1) is 0 Å². The minimum atomic E-state index is -0.204. The standard InChI is InChI=1S/C20H14BrNO2/c21-18-9-5-4-8-17(18)20(24)22-16-12-10-15(11-13-16)19(23)14-6-2-1-3-7-14/h1-13H,(H,22,24). The van der Waals surface area contributed by atoms with Crippen LogP contribution < -0.4 is 5.32 Å². The lowest BCUT2D eigenvalue weighted by atomic mass is 10.0. The minimum absolute atomic E-state index is 0.0423. The number of rotatable bonds is 4. The summed E-state index contributed by atoms with van der Waals surface area (Å²) in [6.07, 6.45) is 0. The largest absolute Gasteiger partial charge is 0.322 e. The van der Waals surface area contributed by atoms with Gasteiger partial charge in [0.05, 0.1) is 5.56 Å². The Kier molecular flexibility index (Phi) is 4.87. The summed E-state index contributed by atoms with van der Waals surface area (Å²) in [6.45, 7) is 0. The number of nitrogens with one attached hydrogen (secondary N) is 1. The first-order valence-corrected chi connectivity index (χ1v) is 8.20. The highest BCUT2D eigenvalue weighted by atomic mass is 79.9. The number of hydrogen-bond acceptors (Lipinski definition) is 2. The first-order chi connectivity index (χ1) is 11.6. The highest BCUT2D eigenvalue weighted by molar-refractivity contribution is 9.10. The monoisotopic (exact) mass is 379 g/mol. The van der Waals surface area contributed by atoms with Gasteiger partial charge in [-0.1, -0.05) is 42.5 Å². The van der Waals surface area contributed by atoms with E-state index in [9.17, 15) is 9.59 Å². The Morgan fingerprint density at radius 3 is 1.96 bits per heavy atom. The molecule has 24 heavy (non-hydrogen) atoms. The number of hydrogen-bond donors (Lipinski definition) is 1. The molecule has 0 aliphatic carbocycles. The fraction of sp³-hybridized carbons (Fsp3) is 0. The van der Waals surface area contributed by atoms with Gasteiger partial charge in [0.25, 0.3) is 5.91 Å². The van der Waals surface area contributed by atoms with Crippen molar-refractivity contribution in [3.63, 3.8) is 0 Å². The molecule has 0 bridgehead atoms. The van der Waals surface area contributed by atoms with Gasteiger partial charge in [-0.25, -0.2) is 0 Å². The van der Waals surface area contributed by atoms with Crippen molar-refractivity contribution in [2.75, 3.05) is 5.32 Å². The molecule has 0 fully saturated rings.